The topological polar surface area (TPSA) is 129 Å². The summed E-state index contributed by atoms with van der Waals surface area (Å²) in [6.45, 7) is 0. The molecule has 0 atom stereocenters. The third-order valence-electron chi connectivity index (χ3n) is 1.70. The zero-order chi connectivity index (χ0) is 12.5. The molecule has 0 bridgehead atoms. The van der Waals surface area contributed by atoms with Crippen molar-refractivity contribution in [2.24, 2.45) is 0 Å². The molecule has 0 radical (unpaired) electrons. The summed E-state index contributed by atoms with van der Waals surface area (Å²) in [6, 6.07) is 2.13. The van der Waals surface area contributed by atoms with Crippen molar-refractivity contribution in [2.75, 3.05) is 0 Å². The molecular formula is C8H8MgO7S. The van der Waals surface area contributed by atoms with E-state index in [1.165, 1.54) is 0 Å². The lowest BCUT2D eigenvalue weighted by molar-refractivity contribution is 0.0696. The highest BCUT2D eigenvalue weighted by Crippen LogP contribution is 2.15. The molecule has 1 aromatic carbocycles. The predicted octanol–water partition coefficient (Wildman–Crippen LogP) is -0.586. The quantitative estimate of drug-likeness (QED) is 0.495. The van der Waals surface area contributed by atoms with Gasteiger partial charge in [-0.15, -0.1) is 0 Å². The van der Waals surface area contributed by atoms with Crippen molar-refractivity contribution in [3.8, 4) is 0 Å². The van der Waals surface area contributed by atoms with Crippen LogP contribution in [0.15, 0.2) is 23.1 Å². The van der Waals surface area contributed by atoms with E-state index in [-0.39, 0.29) is 23.1 Å². The van der Waals surface area contributed by atoms with Crippen molar-refractivity contribution >= 4 is 45.1 Å². The Morgan fingerprint density at radius 2 is 1.29 bits per heavy atom. The Hall–Kier alpha value is -1.16. The highest BCUT2D eigenvalue weighted by atomic mass is 32.2. The highest BCUT2D eigenvalue weighted by Gasteiger charge is 2.17. The van der Waals surface area contributed by atoms with Crippen LogP contribution in [0.2, 0.25) is 0 Å². The number of carboxylic acids is 2. The zero-order valence-corrected chi connectivity index (χ0v) is 8.43. The molecule has 17 heavy (non-hydrogen) atoms. The second kappa shape index (κ2) is 5.45. The molecule has 0 aliphatic heterocycles. The van der Waals surface area contributed by atoms with Gasteiger partial charge in [-0.1, -0.05) is 0 Å². The number of benzene rings is 1. The average molecular weight is 273 g/mol. The van der Waals surface area contributed by atoms with E-state index in [0.29, 0.717) is 12.1 Å². The van der Waals surface area contributed by atoms with Crippen molar-refractivity contribution in [1.82, 2.24) is 0 Å². The number of hydrogen-bond donors (Lipinski definition) is 3. The molecule has 0 spiro atoms. The van der Waals surface area contributed by atoms with Crippen molar-refractivity contribution in [1.29, 1.82) is 0 Å². The van der Waals surface area contributed by atoms with Crippen molar-refractivity contribution in [3.63, 3.8) is 0 Å². The molecule has 0 amide bonds. The fraction of sp³-hybridized carbons (Fsp3) is 0. The van der Waals surface area contributed by atoms with Crippen molar-refractivity contribution < 1.29 is 32.8 Å². The van der Waals surface area contributed by atoms with Crippen LogP contribution in [0.25, 0.3) is 0 Å². The summed E-state index contributed by atoms with van der Waals surface area (Å²) in [6.07, 6.45) is 0. The van der Waals surface area contributed by atoms with Crippen LogP contribution < -0.4 is 0 Å². The van der Waals surface area contributed by atoms with Gasteiger partial charge in [0.1, 0.15) is 0 Å². The minimum absolute atomic E-state index is 0. The van der Waals surface area contributed by atoms with Gasteiger partial charge in [-0.3, -0.25) is 4.55 Å². The first kappa shape index (κ1) is 15.8. The van der Waals surface area contributed by atoms with Gasteiger partial charge < -0.3 is 10.2 Å². The molecule has 0 aliphatic carbocycles. The molecule has 0 aromatic heterocycles. The molecule has 0 fully saturated rings. The van der Waals surface area contributed by atoms with Gasteiger partial charge in [0.25, 0.3) is 10.1 Å². The summed E-state index contributed by atoms with van der Waals surface area (Å²) < 4.78 is 30.2. The maximum absolute atomic E-state index is 10.8. The van der Waals surface area contributed by atoms with Gasteiger partial charge in [0.05, 0.1) is 16.0 Å². The van der Waals surface area contributed by atoms with Crippen LogP contribution >= 0.6 is 0 Å². The van der Waals surface area contributed by atoms with E-state index < -0.39 is 38.1 Å². The number of aromatic carboxylic acids is 2. The fourth-order valence-electron chi connectivity index (χ4n) is 0.995. The summed E-state index contributed by atoms with van der Waals surface area (Å²) in [5, 5.41) is 17.2. The van der Waals surface area contributed by atoms with Crippen LogP contribution in [0.4, 0.5) is 0 Å². The molecule has 3 N–H and O–H groups in total. The first-order valence-corrected chi connectivity index (χ1v) is 5.25. The lowest BCUT2D eigenvalue weighted by Crippen LogP contribution is -2.07. The van der Waals surface area contributed by atoms with E-state index in [2.05, 4.69) is 0 Å². The third kappa shape index (κ3) is 3.96. The highest BCUT2D eigenvalue weighted by molar-refractivity contribution is 7.85. The summed E-state index contributed by atoms with van der Waals surface area (Å²) in [5.41, 5.74) is -1.07. The Balaban J connectivity index is 0.00000256. The van der Waals surface area contributed by atoms with Crippen LogP contribution in [-0.2, 0) is 10.1 Å². The lowest BCUT2D eigenvalue weighted by atomic mass is 10.1. The second-order valence-corrected chi connectivity index (χ2v) is 4.25. The Morgan fingerprint density at radius 3 is 1.53 bits per heavy atom. The lowest BCUT2D eigenvalue weighted by Gasteiger charge is -2.02. The number of carboxylic acid groups (broad SMARTS) is 2. The molecule has 0 saturated carbocycles. The monoisotopic (exact) mass is 272 g/mol. The summed E-state index contributed by atoms with van der Waals surface area (Å²) >= 11 is 0. The van der Waals surface area contributed by atoms with Gasteiger partial charge in [0, 0.05) is 0 Å². The van der Waals surface area contributed by atoms with Gasteiger partial charge in [0.2, 0.25) is 0 Å². The Morgan fingerprint density at radius 1 is 0.941 bits per heavy atom. The largest absolute Gasteiger partial charge is 0.478 e. The van der Waals surface area contributed by atoms with Crippen LogP contribution in [0.5, 0.6) is 0 Å². The van der Waals surface area contributed by atoms with E-state index in [4.69, 9.17) is 14.8 Å². The SMILES string of the molecule is O=C(O)c1cc(C(=O)O)cc(S(=O)(=O)O)c1.[MgH2]. The Kier molecular flexibility index (Phi) is 5.07. The maximum atomic E-state index is 10.8. The molecule has 0 aliphatic rings. The van der Waals surface area contributed by atoms with E-state index in [9.17, 15) is 18.0 Å². The van der Waals surface area contributed by atoms with Crippen LogP contribution in [0.3, 0.4) is 0 Å². The maximum Gasteiger partial charge on any atom is 0.335 e. The normalized spacial score (nSPS) is 10.4. The van der Waals surface area contributed by atoms with Gasteiger partial charge in [0.15, 0.2) is 0 Å². The number of carbonyl (C=O) groups is 2. The Bertz CT molecular complexity index is 531. The van der Waals surface area contributed by atoms with Gasteiger partial charge in [-0.25, -0.2) is 9.59 Å². The first-order chi connectivity index (χ1) is 7.21. The minimum Gasteiger partial charge on any atom is -0.478 e. The summed E-state index contributed by atoms with van der Waals surface area (Å²) in [5.74, 6) is -2.99. The van der Waals surface area contributed by atoms with E-state index in [1.54, 1.807) is 0 Å². The molecule has 9 heteroatoms. The van der Waals surface area contributed by atoms with E-state index >= 15 is 0 Å². The molecule has 7 nitrogen and oxygen atoms in total. The fourth-order valence-corrected chi connectivity index (χ4v) is 1.55. The van der Waals surface area contributed by atoms with Crippen molar-refractivity contribution in [3.05, 3.63) is 29.3 Å². The number of rotatable bonds is 3. The molecule has 90 valence electrons. The van der Waals surface area contributed by atoms with Gasteiger partial charge in [-0.2, -0.15) is 8.42 Å². The Labute approximate surface area is 112 Å². The van der Waals surface area contributed by atoms with Crippen molar-refractivity contribution in [2.45, 2.75) is 4.90 Å². The van der Waals surface area contributed by atoms with Crippen LogP contribution in [0, 0.1) is 0 Å². The first-order valence-electron chi connectivity index (χ1n) is 3.81. The molecule has 0 heterocycles. The average Bonchev–Trinajstić information content (AvgIpc) is 2.15. The van der Waals surface area contributed by atoms with Gasteiger partial charge >= 0.3 is 35.0 Å². The van der Waals surface area contributed by atoms with E-state index in [0.717, 1.165) is 6.07 Å². The van der Waals surface area contributed by atoms with Crippen LogP contribution in [-0.4, -0.2) is 58.2 Å². The zero-order valence-electron chi connectivity index (χ0n) is 7.61. The standard InChI is InChI=1S/C8H6O7S.Mg.2H/c9-7(10)4-1-5(8(11)12)3-6(2-4)16(13,14)15;;;/h1-3H,(H,9,10)(H,11,12)(H,13,14,15);;;. The predicted molar refractivity (Wildman–Crippen MR) is 58.7 cm³/mol. The van der Waals surface area contributed by atoms with Gasteiger partial charge in [-0.05, 0) is 18.2 Å². The smallest absolute Gasteiger partial charge is 0.335 e. The van der Waals surface area contributed by atoms with E-state index in [1.807, 2.05) is 0 Å². The molecule has 0 unspecified atom stereocenters. The molecule has 1 rings (SSSR count). The minimum atomic E-state index is -4.64. The summed E-state index contributed by atoms with van der Waals surface area (Å²) in [4.78, 5) is 20.4. The second-order valence-electron chi connectivity index (χ2n) is 2.83. The molecule has 1 aromatic rings. The summed E-state index contributed by atoms with van der Waals surface area (Å²) in [7, 11) is -4.64. The molecule has 0 saturated heterocycles. The van der Waals surface area contributed by atoms with Crippen LogP contribution in [0.1, 0.15) is 20.7 Å². The number of hydrogen-bond acceptors (Lipinski definition) is 4. The third-order valence-corrected chi connectivity index (χ3v) is 2.53. The molecular weight excluding hydrogens is 264 g/mol.